The summed E-state index contributed by atoms with van der Waals surface area (Å²) in [4.78, 5) is 22.7. The van der Waals surface area contributed by atoms with E-state index in [1.54, 1.807) is 18.3 Å². The molecule has 2 aromatic rings. The molecule has 0 saturated heterocycles. The van der Waals surface area contributed by atoms with Crippen molar-refractivity contribution in [1.82, 2.24) is 4.98 Å². The molecule has 0 spiro atoms. The fourth-order valence-electron chi connectivity index (χ4n) is 2.48. The van der Waals surface area contributed by atoms with Crippen molar-refractivity contribution < 1.29 is 4.92 Å². The highest BCUT2D eigenvalue weighted by atomic mass is 35.5. The summed E-state index contributed by atoms with van der Waals surface area (Å²) in [5, 5.41) is 16.0. The van der Waals surface area contributed by atoms with Gasteiger partial charge in [-0.05, 0) is 30.7 Å². The molecule has 3 rings (SSSR count). The van der Waals surface area contributed by atoms with Gasteiger partial charge in [-0.2, -0.15) is 9.98 Å². The maximum Gasteiger partial charge on any atom is 0.411 e. The monoisotopic (exact) mass is 331 g/mol. The first-order valence-electron chi connectivity index (χ1n) is 7.12. The summed E-state index contributed by atoms with van der Waals surface area (Å²) in [5.41, 5.74) is 1.72. The Morgan fingerprint density at radius 2 is 2.04 bits per heavy atom. The van der Waals surface area contributed by atoms with Gasteiger partial charge in [-0.15, -0.1) is 0 Å². The fraction of sp³-hybridized carbons (Fsp3) is 0.267. The summed E-state index contributed by atoms with van der Waals surface area (Å²) in [7, 11) is 0. The quantitative estimate of drug-likeness (QED) is 0.500. The van der Waals surface area contributed by atoms with E-state index in [1.807, 2.05) is 12.1 Å². The molecule has 1 aliphatic rings. The highest BCUT2D eigenvalue weighted by molar-refractivity contribution is 6.31. The van der Waals surface area contributed by atoms with Gasteiger partial charge < -0.3 is 5.32 Å². The van der Waals surface area contributed by atoms with Crippen LogP contribution >= 0.6 is 11.6 Å². The van der Waals surface area contributed by atoms with Crippen LogP contribution in [0.4, 0.5) is 5.69 Å². The number of aromatic nitrogens is 1. The molecule has 0 bridgehead atoms. The summed E-state index contributed by atoms with van der Waals surface area (Å²) in [6, 6.07) is 7.37. The summed E-state index contributed by atoms with van der Waals surface area (Å²) in [6.45, 7) is 0.572. The minimum atomic E-state index is -1.55. The first kappa shape index (κ1) is 15.4. The molecule has 118 valence electrons. The number of hydrogen-bond donors (Lipinski definition) is 1. The lowest BCUT2D eigenvalue weighted by Crippen LogP contribution is -2.32. The van der Waals surface area contributed by atoms with Crippen molar-refractivity contribution in [3.8, 4) is 0 Å². The topological polar surface area (TPSA) is 92.8 Å². The van der Waals surface area contributed by atoms with Crippen molar-refractivity contribution in [2.45, 2.75) is 18.6 Å². The van der Waals surface area contributed by atoms with Crippen LogP contribution in [0, 0.1) is 10.1 Å². The van der Waals surface area contributed by atoms with Gasteiger partial charge in [-0.3, -0.25) is 15.1 Å². The third-order valence-electron chi connectivity index (χ3n) is 3.63. The number of pyridine rings is 1. The molecule has 8 heteroatoms. The standard InChI is InChI=1S/C15H14ClN5O2/c16-11-2-3-12-13(4-7-18-14(12)10-11)17-6-1-5-15(21(22)23)19-8-9-20-15/h2-4,7-10H,1,5-6H2,(H,17,18). The van der Waals surface area contributed by atoms with Crippen LogP contribution in [-0.4, -0.2) is 34.7 Å². The average molecular weight is 332 g/mol. The van der Waals surface area contributed by atoms with Crippen molar-refractivity contribution in [2.24, 2.45) is 9.98 Å². The van der Waals surface area contributed by atoms with E-state index < -0.39 is 10.7 Å². The van der Waals surface area contributed by atoms with Crippen LogP contribution in [0.1, 0.15) is 12.8 Å². The summed E-state index contributed by atoms with van der Waals surface area (Å²) in [6.07, 6.45) is 5.25. The zero-order chi connectivity index (χ0) is 16.3. The van der Waals surface area contributed by atoms with Crippen LogP contribution in [0.3, 0.4) is 0 Å². The number of fused-ring (bicyclic) bond motifs is 1. The summed E-state index contributed by atoms with van der Waals surface area (Å²) < 4.78 is 0. The molecular weight excluding hydrogens is 318 g/mol. The van der Waals surface area contributed by atoms with Crippen molar-refractivity contribution in [2.75, 3.05) is 11.9 Å². The Morgan fingerprint density at radius 3 is 2.78 bits per heavy atom. The van der Waals surface area contributed by atoms with E-state index in [-0.39, 0.29) is 6.42 Å². The molecule has 2 heterocycles. The Labute approximate surface area is 137 Å². The molecule has 1 aliphatic heterocycles. The minimum Gasteiger partial charge on any atom is -0.384 e. The SMILES string of the molecule is O=[N+]([O-])C1(CCCNc2ccnc3cc(Cl)ccc23)N=CC=N1. The maximum atomic E-state index is 11.1. The molecule has 1 aromatic heterocycles. The average Bonchev–Trinajstić information content (AvgIpc) is 3.01. The lowest BCUT2D eigenvalue weighted by atomic mass is 10.1. The van der Waals surface area contributed by atoms with Crippen molar-refractivity contribution >= 4 is 40.6 Å². The smallest absolute Gasteiger partial charge is 0.384 e. The van der Waals surface area contributed by atoms with Crippen LogP contribution in [0.15, 0.2) is 40.4 Å². The molecule has 0 atom stereocenters. The number of benzene rings is 1. The second-order valence-electron chi connectivity index (χ2n) is 5.14. The number of nitro groups is 1. The first-order valence-corrected chi connectivity index (χ1v) is 7.50. The lowest BCUT2D eigenvalue weighted by molar-refractivity contribution is -0.566. The molecule has 0 aliphatic carbocycles. The highest BCUT2D eigenvalue weighted by Crippen LogP contribution is 2.26. The van der Waals surface area contributed by atoms with E-state index in [4.69, 9.17) is 11.6 Å². The zero-order valence-corrected chi connectivity index (χ0v) is 12.9. The Bertz CT molecular complexity index is 794. The van der Waals surface area contributed by atoms with Crippen molar-refractivity contribution in [1.29, 1.82) is 0 Å². The van der Waals surface area contributed by atoms with E-state index in [0.29, 0.717) is 18.0 Å². The lowest BCUT2D eigenvalue weighted by Gasteiger charge is -2.14. The summed E-state index contributed by atoms with van der Waals surface area (Å²) >= 11 is 5.96. The van der Waals surface area contributed by atoms with E-state index in [9.17, 15) is 10.1 Å². The predicted molar refractivity (Wildman–Crippen MR) is 91.2 cm³/mol. The molecular formula is C15H14ClN5O2. The largest absolute Gasteiger partial charge is 0.411 e. The molecule has 0 amide bonds. The third kappa shape index (κ3) is 3.14. The molecule has 0 saturated carbocycles. The van der Waals surface area contributed by atoms with Gasteiger partial charge >= 0.3 is 5.79 Å². The normalized spacial score (nSPS) is 15.2. The molecule has 0 unspecified atom stereocenters. The van der Waals surface area contributed by atoms with Gasteiger partial charge in [0.25, 0.3) is 0 Å². The van der Waals surface area contributed by atoms with E-state index in [1.165, 1.54) is 12.4 Å². The minimum absolute atomic E-state index is 0.245. The van der Waals surface area contributed by atoms with Crippen LogP contribution in [0.2, 0.25) is 5.02 Å². The molecule has 0 radical (unpaired) electrons. The highest BCUT2D eigenvalue weighted by Gasteiger charge is 2.42. The number of nitrogens with one attached hydrogen (secondary N) is 1. The van der Waals surface area contributed by atoms with Gasteiger partial charge in [0.2, 0.25) is 0 Å². The Morgan fingerprint density at radius 1 is 1.26 bits per heavy atom. The van der Waals surface area contributed by atoms with E-state index >= 15 is 0 Å². The molecule has 1 aromatic carbocycles. The van der Waals surface area contributed by atoms with Gasteiger partial charge in [-0.1, -0.05) is 11.6 Å². The number of halogens is 1. The van der Waals surface area contributed by atoms with Gasteiger partial charge in [0.15, 0.2) is 0 Å². The predicted octanol–water partition coefficient (Wildman–Crippen LogP) is 3.17. The van der Waals surface area contributed by atoms with Gasteiger partial charge in [0.1, 0.15) is 0 Å². The number of aliphatic imine (C=N–C) groups is 2. The number of nitrogens with zero attached hydrogens (tertiary/aromatic N) is 4. The first-order chi connectivity index (χ1) is 11.1. The van der Waals surface area contributed by atoms with Crippen LogP contribution in [-0.2, 0) is 0 Å². The Kier molecular flexibility index (Phi) is 4.20. The van der Waals surface area contributed by atoms with Crippen molar-refractivity contribution in [3.63, 3.8) is 0 Å². The van der Waals surface area contributed by atoms with Crippen LogP contribution < -0.4 is 5.32 Å². The maximum absolute atomic E-state index is 11.1. The molecule has 0 fully saturated rings. The van der Waals surface area contributed by atoms with E-state index in [2.05, 4.69) is 20.3 Å². The van der Waals surface area contributed by atoms with E-state index in [0.717, 1.165) is 16.6 Å². The zero-order valence-electron chi connectivity index (χ0n) is 12.1. The molecule has 7 nitrogen and oxygen atoms in total. The second-order valence-corrected chi connectivity index (χ2v) is 5.57. The van der Waals surface area contributed by atoms with Crippen LogP contribution in [0.5, 0.6) is 0 Å². The second kappa shape index (κ2) is 6.29. The Balaban J connectivity index is 1.64. The van der Waals surface area contributed by atoms with Gasteiger partial charge in [0, 0.05) is 41.3 Å². The fourth-order valence-corrected chi connectivity index (χ4v) is 2.64. The molecule has 23 heavy (non-hydrogen) atoms. The third-order valence-corrected chi connectivity index (χ3v) is 3.87. The number of anilines is 1. The van der Waals surface area contributed by atoms with Gasteiger partial charge in [-0.25, -0.2) is 0 Å². The van der Waals surface area contributed by atoms with Gasteiger partial charge in [0.05, 0.1) is 16.9 Å². The Hall–Kier alpha value is -2.54. The number of hydrogen-bond acceptors (Lipinski definition) is 6. The number of rotatable bonds is 6. The van der Waals surface area contributed by atoms with Crippen LogP contribution in [0.25, 0.3) is 10.9 Å². The molecule has 1 N–H and O–H groups in total. The summed E-state index contributed by atoms with van der Waals surface area (Å²) in [5.74, 6) is -1.55. The van der Waals surface area contributed by atoms with Crippen molar-refractivity contribution in [3.05, 3.63) is 45.6 Å².